The summed E-state index contributed by atoms with van der Waals surface area (Å²) in [5, 5.41) is 13.8. The number of rotatable bonds is 7. The standard InChI is InChI=1S/C24H28F3N5O4/c25-24(26,27)20-14-22(28-15-21(20)32(34)35)29-17-6-8-19(9-7-17)36-16-23(33)31-12-10-30(11-13-31)18-4-2-1-3-5-18/h1-5,14-15,17,19H,6-13,16H2,(H,28,29)/t17-,19-. The molecule has 194 valence electrons. The van der Waals surface area contributed by atoms with Gasteiger partial charge in [-0.25, -0.2) is 4.98 Å². The lowest BCUT2D eigenvalue weighted by molar-refractivity contribution is -0.388. The van der Waals surface area contributed by atoms with E-state index in [1.54, 1.807) is 0 Å². The van der Waals surface area contributed by atoms with Crippen molar-refractivity contribution in [3.63, 3.8) is 0 Å². The summed E-state index contributed by atoms with van der Waals surface area (Å²) in [5.41, 5.74) is -1.26. The SMILES string of the molecule is O=C(CO[C@H]1CC[C@H](Nc2cc(C(F)(F)F)c([N+](=O)[O-])cn2)CC1)N1CCN(c2ccccc2)CC1. The van der Waals surface area contributed by atoms with Crippen molar-refractivity contribution in [2.24, 2.45) is 0 Å². The van der Waals surface area contributed by atoms with Crippen LogP contribution in [0.25, 0.3) is 0 Å². The summed E-state index contributed by atoms with van der Waals surface area (Å²) < 4.78 is 45.4. The number of halogens is 3. The number of para-hydroxylation sites is 1. The number of ether oxygens (including phenoxy) is 1. The maximum Gasteiger partial charge on any atom is 0.423 e. The number of benzene rings is 1. The number of carbonyl (C=O) groups excluding carboxylic acids is 1. The quantitative estimate of drug-likeness (QED) is 0.445. The van der Waals surface area contributed by atoms with E-state index >= 15 is 0 Å². The highest BCUT2D eigenvalue weighted by Crippen LogP contribution is 2.37. The van der Waals surface area contributed by atoms with Gasteiger partial charge in [-0.1, -0.05) is 18.2 Å². The lowest BCUT2D eigenvalue weighted by atomic mass is 9.93. The highest BCUT2D eigenvalue weighted by molar-refractivity contribution is 5.77. The van der Waals surface area contributed by atoms with Crippen LogP contribution in [0, 0.1) is 10.1 Å². The minimum Gasteiger partial charge on any atom is -0.368 e. The normalized spacial score (nSPS) is 20.8. The van der Waals surface area contributed by atoms with Crippen LogP contribution < -0.4 is 10.2 Å². The third-order valence-electron chi connectivity index (χ3n) is 6.61. The molecule has 2 fully saturated rings. The number of carbonyl (C=O) groups is 1. The van der Waals surface area contributed by atoms with Crippen molar-refractivity contribution >= 4 is 23.1 Å². The molecule has 1 aliphatic heterocycles. The smallest absolute Gasteiger partial charge is 0.368 e. The molecule has 4 rings (SSSR count). The molecular weight excluding hydrogens is 479 g/mol. The van der Waals surface area contributed by atoms with Crippen LogP contribution in [-0.2, 0) is 15.7 Å². The van der Waals surface area contributed by atoms with Gasteiger partial charge in [-0.05, 0) is 43.9 Å². The molecule has 9 nitrogen and oxygen atoms in total. The van der Waals surface area contributed by atoms with Crippen molar-refractivity contribution in [2.75, 3.05) is 43.0 Å². The number of anilines is 2. The van der Waals surface area contributed by atoms with Gasteiger partial charge in [-0.3, -0.25) is 14.9 Å². The molecule has 2 aliphatic rings. The number of piperazine rings is 1. The predicted octanol–water partition coefficient (Wildman–Crippen LogP) is 4.10. The van der Waals surface area contributed by atoms with Gasteiger partial charge in [0.15, 0.2) is 0 Å². The van der Waals surface area contributed by atoms with E-state index in [0.717, 1.165) is 18.8 Å². The van der Waals surface area contributed by atoms with Crippen molar-refractivity contribution in [2.45, 2.75) is 44.0 Å². The van der Waals surface area contributed by atoms with Gasteiger partial charge in [0.1, 0.15) is 24.2 Å². The molecule has 36 heavy (non-hydrogen) atoms. The van der Waals surface area contributed by atoms with E-state index in [-0.39, 0.29) is 30.5 Å². The van der Waals surface area contributed by atoms with Gasteiger partial charge >= 0.3 is 6.18 Å². The Kier molecular flexibility index (Phi) is 7.92. The van der Waals surface area contributed by atoms with E-state index in [2.05, 4.69) is 27.3 Å². The first-order valence-corrected chi connectivity index (χ1v) is 11.9. The molecule has 1 aliphatic carbocycles. The summed E-state index contributed by atoms with van der Waals surface area (Å²) in [6, 6.07) is 10.6. The van der Waals surface area contributed by atoms with Crippen molar-refractivity contribution in [3.05, 3.63) is 58.3 Å². The first kappa shape index (κ1) is 25.7. The maximum absolute atomic E-state index is 13.2. The lowest BCUT2D eigenvalue weighted by Gasteiger charge is -2.36. The van der Waals surface area contributed by atoms with Crippen LogP contribution in [0.1, 0.15) is 31.2 Å². The fraction of sp³-hybridized carbons (Fsp3) is 0.500. The van der Waals surface area contributed by atoms with Crippen LogP contribution in [0.3, 0.4) is 0 Å². The molecular formula is C24H28F3N5O4. The molecule has 1 saturated carbocycles. The van der Waals surface area contributed by atoms with Crippen LogP contribution in [-0.4, -0.2) is 65.6 Å². The van der Waals surface area contributed by atoms with Gasteiger partial charge in [-0.15, -0.1) is 0 Å². The van der Waals surface area contributed by atoms with Gasteiger partial charge in [0.2, 0.25) is 5.91 Å². The molecule has 12 heteroatoms. The summed E-state index contributed by atoms with van der Waals surface area (Å²) in [7, 11) is 0. The Labute approximate surface area is 206 Å². The fourth-order valence-corrected chi connectivity index (χ4v) is 4.62. The summed E-state index contributed by atoms with van der Waals surface area (Å²) in [5.74, 6) is -0.0974. The topological polar surface area (TPSA) is 101 Å². The van der Waals surface area contributed by atoms with Crippen molar-refractivity contribution in [3.8, 4) is 0 Å². The Morgan fingerprint density at radius 2 is 1.78 bits per heavy atom. The van der Waals surface area contributed by atoms with E-state index in [1.165, 1.54) is 0 Å². The Balaban J connectivity index is 1.20. The summed E-state index contributed by atoms with van der Waals surface area (Å²) in [6.07, 6.45) is -1.80. The molecule has 1 aromatic carbocycles. The molecule has 1 N–H and O–H groups in total. The monoisotopic (exact) mass is 507 g/mol. The number of hydrogen-bond acceptors (Lipinski definition) is 7. The van der Waals surface area contributed by atoms with Crippen LogP contribution in [0.4, 0.5) is 30.4 Å². The molecule has 0 spiro atoms. The van der Waals surface area contributed by atoms with E-state index in [9.17, 15) is 28.1 Å². The van der Waals surface area contributed by atoms with Crippen molar-refractivity contribution < 1.29 is 27.6 Å². The molecule has 0 radical (unpaired) electrons. The van der Waals surface area contributed by atoms with Gasteiger partial charge in [0.05, 0.1) is 11.0 Å². The lowest BCUT2D eigenvalue weighted by Crippen LogP contribution is -2.50. The molecule has 0 bridgehead atoms. The number of alkyl halides is 3. The molecule has 0 unspecified atom stereocenters. The van der Waals surface area contributed by atoms with Gasteiger partial charge in [0.25, 0.3) is 5.69 Å². The minimum absolute atomic E-state index is 0.00689. The molecule has 1 aromatic heterocycles. The first-order valence-electron chi connectivity index (χ1n) is 11.9. The van der Waals surface area contributed by atoms with Crippen molar-refractivity contribution in [1.82, 2.24) is 9.88 Å². The Morgan fingerprint density at radius 1 is 1.11 bits per heavy atom. The zero-order chi connectivity index (χ0) is 25.7. The highest BCUT2D eigenvalue weighted by atomic mass is 19.4. The second-order valence-corrected chi connectivity index (χ2v) is 8.97. The maximum atomic E-state index is 13.2. The van der Waals surface area contributed by atoms with Gasteiger partial charge in [0, 0.05) is 37.9 Å². The minimum atomic E-state index is -4.85. The number of aromatic nitrogens is 1. The van der Waals surface area contributed by atoms with Crippen molar-refractivity contribution in [1.29, 1.82) is 0 Å². The van der Waals surface area contributed by atoms with Crippen LogP contribution in [0.5, 0.6) is 0 Å². The van der Waals surface area contributed by atoms with E-state index < -0.39 is 22.4 Å². The fourth-order valence-electron chi connectivity index (χ4n) is 4.62. The largest absolute Gasteiger partial charge is 0.423 e. The second kappa shape index (κ2) is 11.1. The first-order chi connectivity index (χ1) is 17.2. The average molecular weight is 508 g/mol. The summed E-state index contributed by atoms with van der Waals surface area (Å²) in [4.78, 5) is 30.2. The number of nitrogens with one attached hydrogen (secondary N) is 1. The zero-order valence-corrected chi connectivity index (χ0v) is 19.6. The third-order valence-corrected chi connectivity index (χ3v) is 6.61. The van der Waals surface area contributed by atoms with E-state index in [4.69, 9.17) is 4.74 Å². The Hall–Kier alpha value is -3.41. The number of nitro groups is 1. The van der Waals surface area contributed by atoms with E-state index in [1.807, 2.05) is 23.1 Å². The predicted molar refractivity (Wildman–Crippen MR) is 127 cm³/mol. The highest BCUT2D eigenvalue weighted by Gasteiger charge is 2.39. The number of pyridine rings is 1. The van der Waals surface area contributed by atoms with Gasteiger partial charge < -0.3 is 19.9 Å². The zero-order valence-electron chi connectivity index (χ0n) is 19.6. The molecule has 2 aromatic rings. The number of amides is 1. The molecule has 2 heterocycles. The third kappa shape index (κ3) is 6.42. The second-order valence-electron chi connectivity index (χ2n) is 8.97. The summed E-state index contributed by atoms with van der Waals surface area (Å²) in [6.45, 7) is 2.80. The number of hydrogen-bond donors (Lipinski definition) is 1. The molecule has 0 atom stereocenters. The van der Waals surface area contributed by atoms with Crippen LogP contribution in [0.15, 0.2) is 42.6 Å². The van der Waals surface area contributed by atoms with Crippen LogP contribution in [0.2, 0.25) is 0 Å². The van der Waals surface area contributed by atoms with Crippen LogP contribution >= 0.6 is 0 Å². The Morgan fingerprint density at radius 3 is 2.39 bits per heavy atom. The van der Waals surface area contributed by atoms with E-state index in [0.29, 0.717) is 51.0 Å². The molecule has 1 saturated heterocycles. The Bertz CT molecular complexity index is 1050. The average Bonchev–Trinajstić information content (AvgIpc) is 2.88. The van der Waals surface area contributed by atoms with Gasteiger partial charge in [-0.2, -0.15) is 13.2 Å². The molecule has 1 amide bonds. The number of nitrogens with zero attached hydrogens (tertiary/aromatic N) is 4. The summed E-state index contributed by atoms with van der Waals surface area (Å²) >= 11 is 0.